The van der Waals surface area contributed by atoms with Crippen molar-refractivity contribution in [2.75, 3.05) is 24.3 Å². The first-order valence-electron chi connectivity index (χ1n) is 5.64. The molecule has 1 aromatic carbocycles. The Morgan fingerprint density at radius 1 is 1.33 bits per heavy atom. The zero-order valence-electron chi connectivity index (χ0n) is 10.7. The highest BCUT2D eigenvalue weighted by Gasteiger charge is 2.12. The summed E-state index contributed by atoms with van der Waals surface area (Å²) < 4.78 is 1.65. The zero-order chi connectivity index (χ0) is 13.1. The first-order chi connectivity index (χ1) is 8.58. The van der Waals surface area contributed by atoms with Crippen molar-refractivity contribution in [3.8, 4) is 0 Å². The van der Waals surface area contributed by atoms with E-state index in [2.05, 4.69) is 10.4 Å². The minimum Gasteiger partial charge on any atom is -0.377 e. The summed E-state index contributed by atoms with van der Waals surface area (Å²) in [6, 6.07) is 7.49. The first-order valence-corrected chi connectivity index (χ1v) is 5.64. The molecule has 2 aromatic rings. The molecule has 1 aromatic heterocycles. The Hall–Kier alpha value is -2.30. The van der Waals surface area contributed by atoms with Gasteiger partial charge in [-0.3, -0.25) is 9.48 Å². The Bertz CT molecular complexity index is 560. The average Bonchev–Trinajstić information content (AvgIpc) is 2.74. The molecule has 2 rings (SSSR count). The van der Waals surface area contributed by atoms with Crippen molar-refractivity contribution in [1.82, 2.24) is 9.78 Å². The molecule has 94 valence electrons. The van der Waals surface area contributed by atoms with Crippen LogP contribution in [0, 0.1) is 0 Å². The molecule has 0 spiro atoms. The second kappa shape index (κ2) is 4.91. The van der Waals surface area contributed by atoms with Crippen molar-refractivity contribution in [3.63, 3.8) is 0 Å². The minimum atomic E-state index is -0.132. The normalized spacial score (nSPS) is 10.2. The van der Waals surface area contributed by atoms with Gasteiger partial charge in [0.2, 0.25) is 0 Å². The molecule has 0 aliphatic carbocycles. The van der Waals surface area contributed by atoms with Crippen molar-refractivity contribution in [2.24, 2.45) is 7.05 Å². The molecule has 18 heavy (non-hydrogen) atoms. The molecule has 5 nitrogen and oxygen atoms in total. The standard InChI is InChI=1S/C13H16N4O/c1-16(2)12-7-5-4-6-11(12)13(18)15-10-8-14-17(3)9-10/h4-9H,1-3H3,(H,15,18). The highest BCUT2D eigenvalue weighted by atomic mass is 16.1. The number of benzene rings is 1. The highest BCUT2D eigenvalue weighted by Crippen LogP contribution is 2.19. The number of hydrogen-bond donors (Lipinski definition) is 1. The van der Waals surface area contributed by atoms with E-state index in [1.807, 2.05) is 44.2 Å². The van der Waals surface area contributed by atoms with Gasteiger partial charge in [-0.1, -0.05) is 12.1 Å². The van der Waals surface area contributed by atoms with Gasteiger partial charge >= 0.3 is 0 Å². The van der Waals surface area contributed by atoms with Crippen molar-refractivity contribution in [1.29, 1.82) is 0 Å². The molecule has 0 unspecified atom stereocenters. The van der Waals surface area contributed by atoms with E-state index in [-0.39, 0.29) is 5.91 Å². The fourth-order valence-electron chi connectivity index (χ4n) is 1.74. The summed E-state index contributed by atoms with van der Waals surface area (Å²) in [5.74, 6) is -0.132. The number of carbonyl (C=O) groups excluding carboxylic acids is 1. The molecule has 1 N–H and O–H groups in total. The second-order valence-electron chi connectivity index (χ2n) is 4.27. The molecule has 0 atom stereocenters. The molecule has 1 amide bonds. The molecule has 0 aliphatic rings. The molecule has 1 heterocycles. The number of carbonyl (C=O) groups is 1. The number of para-hydroxylation sites is 1. The van der Waals surface area contributed by atoms with Gasteiger partial charge in [-0.05, 0) is 12.1 Å². The smallest absolute Gasteiger partial charge is 0.257 e. The third-order valence-electron chi connectivity index (χ3n) is 2.59. The van der Waals surface area contributed by atoms with Crippen LogP contribution in [0.25, 0.3) is 0 Å². The Labute approximate surface area is 106 Å². The maximum absolute atomic E-state index is 12.2. The summed E-state index contributed by atoms with van der Waals surface area (Å²) >= 11 is 0. The Morgan fingerprint density at radius 2 is 2.06 bits per heavy atom. The van der Waals surface area contributed by atoms with E-state index in [1.54, 1.807) is 23.1 Å². The topological polar surface area (TPSA) is 50.2 Å². The zero-order valence-corrected chi connectivity index (χ0v) is 10.7. The summed E-state index contributed by atoms with van der Waals surface area (Å²) in [6.07, 6.45) is 3.38. The van der Waals surface area contributed by atoms with Crippen LogP contribution >= 0.6 is 0 Å². The lowest BCUT2D eigenvalue weighted by Crippen LogP contribution is -2.18. The second-order valence-corrected chi connectivity index (χ2v) is 4.27. The van der Waals surface area contributed by atoms with Gasteiger partial charge in [0, 0.05) is 33.0 Å². The third-order valence-corrected chi connectivity index (χ3v) is 2.59. The third kappa shape index (κ3) is 2.51. The Morgan fingerprint density at radius 3 is 2.67 bits per heavy atom. The molecule has 5 heteroatoms. The van der Waals surface area contributed by atoms with E-state index in [0.29, 0.717) is 11.3 Å². The van der Waals surface area contributed by atoms with Gasteiger partial charge in [0.05, 0.1) is 17.4 Å². The van der Waals surface area contributed by atoms with Gasteiger partial charge in [0.1, 0.15) is 0 Å². The van der Waals surface area contributed by atoms with Crippen LogP contribution in [0.4, 0.5) is 11.4 Å². The Kier molecular flexibility index (Phi) is 3.32. The Balaban J connectivity index is 2.24. The van der Waals surface area contributed by atoms with Gasteiger partial charge in [-0.25, -0.2) is 0 Å². The van der Waals surface area contributed by atoms with Crippen LogP contribution in [0.15, 0.2) is 36.7 Å². The van der Waals surface area contributed by atoms with Crippen LogP contribution in [-0.4, -0.2) is 29.8 Å². The fraction of sp³-hybridized carbons (Fsp3) is 0.231. The van der Waals surface area contributed by atoms with Crippen LogP contribution in [0.1, 0.15) is 10.4 Å². The maximum atomic E-state index is 12.2. The van der Waals surface area contributed by atoms with Crippen molar-refractivity contribution in [2.45, 2.75) is 0 Å². The van der Waals surface area contributed by atoms with E-state index in [0.717, 1.165) is 5.69 Å². The van der Waals surface area contributed by atoms with Gasteiger partial charge in [-0.15, -0.1) is 0 Å². The molecule has 0 saturated heterocycles. The quantitative estimate of drug-likeness (QED) is 0.894. The molecular weight excluding hydrogens is 228 g/mol. The van der Waals surface area contributed by atoms with Crippen molar-refractivity contribution in [3.05, 3.63) is 42.2 Å². The van der Waals surface area contributed by atoms with Crippen molar-refractivity contribution >= 4 is 17.3 Å². The first kappa shape index (κ1) is 12.2. The van der Waals surface area contributed by atoms with E-state index in [4.69, 9.17) is 0 Å². The highest BCUT2D eigenvalue weighted by molar-refractivity contribution is 6.08. The molecule has 0 radical (unpaired) electrons. The summed E-state index contributed by atoms with van der Waals surface area (Å²) in [6.45, 7) is 0. The van der Waals surface area contributed by atoms with Crippen molar-refractivity contribution < 1.29 is 4.79 Å². The van der Waals surface area contributed by atoms with E-state index in [1.165, 1.54) is 0 Å². The monoisotopic (exact) mass is 244 g/mol. The lowest BCUT2D eigenvalue weighted by molar-refractivity contribution is 0.102. The predicted octanol–water partition coefficient (Wildman–Crippen LogP) is 1.74. The van der Waals surface area contributed by atoms with E-state index < -0.39 is 0 Å². The number of amides is 1. The average molecular weight is 244 g/mol. The largest absolute Gasteiger partial charge is 0.377 e. The molecular formula is C13H16N4O. The number of aromatic nitrogens is 2. The van der Waals surface area contributed by atoms with Gasteiger partial charge in [-0.2, -0.15) is 5.10 Å². The SMILES string of the molecule is CN(C)c1ccccc1C(=O)Nc1cnn(C)c1. The summed E-state index contributed by atoms with van der Waals surface area (Å²) in [7, 11) is 5.63. The van der Waals surface area contributed by atoms with E-state index >= 15 is 0 Å². The molecule has 0 bridgehead atoms. The van der Waals surface area contributed by atoms with E-state index in [9.17, 15) is 4.79 Å². The van der Waals surface area contributed by atoms with Crippen LogP contribution in [-0.2, 0) is 7.05 Å². The summed E-state index contributed by atoms with van der Waals surface area (Å²) in [4.78, 5) is 14.1. The van der Waals surface area contributed by atoms with Crippen LogP contribution < -0.4 is 10.2 Å². The van der Waals surface area contributed by atoms with Crippen LogP contribution in [0.3, 0.4) is 0 Å². The number of aryl methyl sites for hydroxylation is 1. The van der Waals surface area contributed by atoms with Crippen LogP contribution in [0.2, 0.25) is 0 Å². The number of anilines is 2. The van der Waals surface area contributed by atoms with Gasteiger partial charge in [0.15, 0.2) is 0 Å². The molecule has 0 saturated carbocycles. The predicted molar refractivity (Wildman–Crippen MR) is 71.9 cm³/mol. The molecule has 0 fully saturated rings. The molecule has 0 aliphatic heterocycles. The lowest BCUT2D eigenvalue weighted by atomic mass is 10.1. The van der Waals surface area contributed by atoms with Gasteiger partial charge < -0.3 is 10.2 Å². The lowest BCUT2D eigenvalue weighted by Gasteiger charge is -2.16. The number of rotatable bonds is 3. The van der Waals surface area contributed by atoms with Gasteiger partial charge in [0.25, 0.3) is 5.91 Å². The summed E-state index contributed by atoms with van der Waals surface area (Å²) in [5, 5.41) is 6.84. The summed E-state index contributed by atoms with van der Waals surface area (Å²) in [5.41, 5.74) is 2.22. The number of nitrogens with zero attached hydrogens (tertiary/aromatic N) is 3. The fourth-order valence-corrected chi connectivity index (χ4v) is 1.74. The maximum Gasteiger partial charge on any atom is 0.257 e. The minimum absolute atomic E-state index is 0.132. The number of nitrogens with one attached hydrogen (secondary N) is 1. The van der Waals surface area contributed by atoms with Crippen LogP contribution in [0.5, 0.6) is 0 Å². The number of hydrogen-bond acceptors (Lipinski definition) is 3.